The minimum atomic E-state index is -0.329. The number of aryl methyl sites for hydroxylation is 1. The Morgan fingerprint density at radius 3 is 2.95 bits per heavy atom. The lowest BCUT2D eigenvalue weighted by Crippen LogP contribution is -2.21. The number of ether oxygens (including phenoxy) is 1. The molecule has 1 aliphatic rings. The molecule has 0 aromatic heterocycles. The second-order valence-corrected chi connectivity index (χ2v) is 5.09. The normalized spacial score (nSPS) is 21.8. The zero-order valence-electron chi connectivity index (χ0n) is 11.9. The fourth-order valence-electron chi connectivity index (χ4n) is 2.92. The van der Waals surface area contributed by atoms with E-state index in [4.69, 9.17) is 4.74 Å². The Morgan fingerprint density at radius 2 is 2.25 bits per heavy atom. The van der Waals surface area contributed by atoms with E-state index < -0.39 is 0 Å². The average molecular weight is 269 g/mol. The highest BCUT2D eigenvalue weighted by atomic mass is 16.5. The molecule has 3 nitrogen and oxygen atoms in total. The van der Waals surface area contributed by atoms with Crippen molar-refractivity contribution in [3.05, 3.63) is 47.0 Å². The fraction of sp³-hybridized carbons (Fsp3) is 0.412. The summed E-state index contributed by atoms with van der Waals surface area (Å²) < 4.78 is 4.96. The first-order valence-corrected chi connectivity index (χ1v) is 6.99. The third-order valence-corrected chi connectivity index (χ3v) is 3.81. The molecule has 0 saturated carbocycles. The van der Waals surface area contributed by atoms with Gasteiger partial charge in [-0.3, -0.25) is 0 Å². The van der Waals surface area contributed by atoms with E-state index in [2.05, 4.69) is 18.2 Å². The molecule has 0 amide bonds. The summed E-state index contributed by atoms with van der Waals surface area (Å²) in [6, 6.07) is 10.6. The first-order chi connectivity index (χ1) is 9.67. The van der Waals surface area contributed by atoms with Crippen molar-refractivity contribution >= 4 is 5.97 Å². The zero-order valence-corrected chi connectivity index (χ0v) is 11.9. The predicted octanol–water partition coefficient (Wildman–Crippen LogP) is 3.37. The largest absolute Gasteiger partial charge is 0.463 e. The molecule has 0 saturated heterocycles. The lowest BCUT2D eigenvalue weighted by molar-refractivity contribution is -0.137. The molecule has 0 N–H and O–H groups in total. The Morgan fingerprint density at radius 1 is 1.50 bits per heavy atom. The molecule has 104 valence electrons. The minimum absolute atomic E-state index is 0.00523. The summed E-state index contributed by atoms with van der Waals surface area (Å²) in [4.78, 5) is 11.6. The number of benzene rings is 1. The number of nitriles is 1. The molecule has 2 unspecified atom stereocenters. The summed E-state index contributed by atoms with van der Waals surface area (Å²) in [5.74, 6) is -0.408. The third kappa shape index (κ3) is 2.91. The summed E-state index contributed by atoms with van der Waals surface area (Å²) in [6.45, 7) is 4.06. The Balaban J connectivity index is 2.36. The Hall–Kier alpha value is -2.08. The van der Waals surface area contributed by atoms with E-state index in [0.29, 0.717) is 6.61 Å². The van der Waals surface area contributed by atoms with Gasteiger partial charge in [-0.1, -0.05) is 29.8 Å². The van der Waals surface area contributed by atoms with Crippen LogP contribution in [0.2, 0.25) is 0 Å². The van der Waals surface area contributed by atoms with Gasteiger partial charge in [0.25, 0.3) is 0 Å². The van der Waals surface area contributed by atoms with Gasteiger partial charge >= 0.3 is 5.97 Å². The van der Waals surface area contributed by atoms with Gasteiger partial charge in [0.2, 0.25) is 0 Å². The molecule has 1 aromatic carbocycles. The number of hydrogen-bond acceptors (Lipinski definition) is 3. The first kappa shape index (κ1) is 14.3. The van der Waals surface area contributed by atoms with E-state index in [1.54, 1.807) is 6.92 Å². The summed E-state index contributed by atoms with van der Waals surface area (Å²) >= 11 is 0. The van der Waals surface area contributed by atoms with Gasteiger partial charge in [0.1, 0.15) is 0 Å². The number of rotatable bonds is 3. The van der Waals surface area contributed by atoms with Crippen LogP contribution in [0.5, 0.6) is 0 Å². The van der Waals surface area contributed by atoms with E-state index in [1.165, 1.54) is 17.2 Å². The van der Waals surface area contributed by atoms with Crippen LogP contribution in [-0.4, -0.2) is 12.6 Å². The van der Waals surface area contributed by atoms with Gasteiger partial charge in [0.05, 0.1) is 18.6 Å². The average Bonchev–Trinajstić information content (AvgIpc) is 2.46. The molecule has 2 rings (SSSR count). The number of allylic oxidation sites excluding steroid dienone is 1. The second-order valence-electron chi connectivity index (χ2n) is 5.09. The van der Waals surface area contributed by atoms with E-state index >= 15 is 0 Å². The zero-order chi connectivity index (χ0) is 14.5. The summed E-state index contributed by atoms with van der Waals surface area (Å²) in [7, 11) is 0. The topological polar surface area (TPSA) is 50.1 Å². The van der Waals surface area contributed by atoms with Crippen LogP contribution in [0.1, 0.15) is 37.3 Å². The number of carbonyl (C=O) groups is 1. The highest BCUT2D eigenvalue weighted by Gasteiger charge is 2.30. The molecule has 3 heteroatoms. The van der Waals surface area contributed by atoms with Crippen LogP contribution in [-0.2, 0) is 16.0 Å². The van der Waals surface area contributed by atoms with Gasteiger partial charge in [0.15, 0.2) is 0 Å². The van der Waals surface area contributed by atoms with Crippen LogP contribution < -0.4 is 0 Å². The lowest BCUT2D eigenvalue weighted by Gasteiger charge is -2.30. The predicted molar refractivity (Wildman–Crippen MR) is 77.0 cm³/mol. The molecule has 1 aromatic rings. The van der Waals surface area contributed by atoms with Crippen molar-refractivity contribution in [3.8, 4) is 6.07 Å². The van der Waals surface area contributed by atoms with Gasteiger partial charge in [-0.05, 0) is 37.8 Å². The van der Waals surface area contributed by atoms with Crippen molar-refractivity contribution in [1.29, 1.82) is 5.26 Å². The monoisotopic (exact) mass is 269 g/mol. The van der Waals surface area contributed by atoms with Crippen molar-refractivity contribution in [2.75, 3.05) is 6.61 Å². The Labute approximate surface area is 119 Å². The number of carbonyl (C=O) groups excluding carboxylic acids is 1. The lowest BCUT2D eigenvalue weighted by atomic mass is 9.72. The smallest absolute Gasteiger partial charge is 0.330 e. The molecule has 0 fully saturated rings. The standard InChI is InChI=1S/C17H19NO2/c1-3-20-16(19)10-12(2)17-14(11-18)9-8-13-6-4-5-7-15(13)17/h4-7,10,14,17H,3,8-9H2,1-2H3. The maximum absolute atomic E-state index is 11.6. The summed E-state index contributed by atoms with van der Waals surface area (Å²) in [6.07, 6.45) is 3.30. The van der Waals surface area contributed by atoms with Crippen LogP contribution in [0, 0.1) is 17.2 Å². The SMILES string of the molecule is CCOC(=O)C=C(C)C1c2ccccc2CCC1C#N. The maximum atomic E-state index is 11.6. The van der Waals surface area contributed by atoms with E-state index in [-0.39, 0.29) is 17.8 Å². The maximum Gasteiger partial charge on any atom is 0.330 e. The Bertz CT molecular complexity index is 569. The van der Waals surface area contributed by atoms with Crippen LogP contribution in [0.25, 0.3) is 0 Å². The number of nitrogens with zero attached hydrogens (tertiary/aromatic N) is 1. The Kier molecular flexibility index (Phi) is 4.57. The van der Waals surface area contributed by atoms with Gasteiger partial charge in [0, 0.05) is 12.0 Å². The third-order valence-electron chi connectivity index (χ3n) is 3.81. The van der Waals surface area contributed by atoms with Gasteiger partial charge in [-0.25, -0.2) is 4.79 Å². The highest BCUT2D eigenvalue weighted by molar-refractivity contribution is 5.83. The highest BCUT2D eigenvalue weighted by Crippen LogP contribution is 2.40. The van der Waals surface area contributed by atoms with E-state index in [0.717, 1.165) is 18.4 Å². The number of hydrogen-bond donors (Lipinski definition) is 0. The first-order valence-electron chi connectivity index (χ1n) is 6.99. The molecule has 0 heterocycles. The summed E-state index contributed by atoms with van der Waals surface area (Å²) in [5.41, 5.74) is 3.35. The number of fused-ring (bicyclic) bond motifs is 1. The molecule has 1 aliphatic carbocycles. The van der Waals surface area contributed by atoms with Crippen LogP contribution in [0.15, 0.2) is 35.9 Å². The number of esters is 1. The van der Waals surface area contributed by atoms with Crippen molar-refractivity contribution < 1.29 is 9.53 Å². The van der Waals surface area contributed by atoms with Crippen molar-refractivity contribution in [2.24, 2.45) is 5.92 Å². The van der Waals surface area contributed by atoms with E-state index in [9.17, 15) is 10.1 Å². The van der Waals surface area contributed by atoms with Crippen LogP contribution >= 0.6 is 0 Å². The molecule has 20 heavy (non-hydrogen) atoms. The van der Waals surface area contributed by atoms with Gasteiger partial charge in [-0.2, -0.15) is 5.26 Å². The van der Waals surface area contributed by atoms with Gasteiger partial charge in [-0.15, -0.1) is 0 Å². The summed E-state index contributed by atoms with van der Waals surface area (Å²) in [5, 5.41) is 9.38. The molecular weight excluding hydrogens is 250 g/mol. The fourth-order valence-corrected chi connectivity index (χ4v) is 2.92. The molecule has 0 aliphatic heterocycles. The van der Waals surface area contributed by atoms with E-state index in [1.807, 2.05) is 19.1 Å². The van der Waals surface area contributed by atoms with Crippen molar-refractivity contribution in [1.82, 2.24) is 0 Å². The van der Waals surface area contributed by atoms with Crippen LogP contribution in [0.4, 0.5) is 0 Å². The minimum Gasteiger partial charge on any atom is -0.463 e. The molecular formula is C17H19NO2. The van der Waals surface area contributed by atoms with Crippen LogP contribution in [0.3, 0.4) is 0 Å². The molecule has 0 radical (unpaired) electrons. The quantitative estimate of drug-likeness (QED) is 0.624. The van der Waals surface area contributed by atoms with Gasteiger partial charge < -0.3 is 4.74 Å². The molecule has 0 spiro atoms. The van der Waals surface area contributed by atoms with Crippen molar-refractivity contribution in [3.63, 3.8) is 0 Å². The van der Waals surface area contributed by atoms with Crippen molar-refractivity contribution in [2.45, 2.75) is 32.6 Å². The molecule has 2 atom stereocenters. The molecule has 0 bridgehead atoms. The second kappa shape index (κ2) is 6.38.